The predicted molar refractivity (Wildman–Crippen MR) is 93.0 cm³/mol. The summed E-state index contributed by atoms with van der Waals surface area (Å²) in [5.74, 6) is 0.142. The van der Waals surface area contributed by atoms with Crippen molar-refractivity contribution in [3.63, 3.8) is 0 Å². The van der Waals surface area contributed by atoms with Crippen LogP contribution in [0.25, 0.3) is 0 Å². The highest BCUT2D eigenvalue weighted by Crippen LogP contribution is 2.03. The number of carbonyl (C=O) groups is 3. The van der Waals surface area contributed by atoms with Crippen LogP contribution in [0.4, 0.5) is 0 Å². The fourth-order valence-corrected chi connectivity index (χ4v) is 2.90. The first kappa shape index (κ1) is 20.7. The lowest BCUT2D eigenvalue weighted by Crippen LogP contribution is -2.53. The number of hydrogen-bond acceptors (Lipinski definition) is 5. The molecule has 2 rings (SSSR count). The molecular formula is C15H28ClN5O3. The van der Waals surface area contributed by atoms with E-state index in [0.717, 1.165) is 26.2 Å². The van der Waals surface area contributed by atoms with Crippen LogP contribution in [0.2, 0.25) is 0 Å². The molecule has 2 heterocycles. The van der Waals surface area contributed by atoms with Crippen molar-refractivity contribution in [2.75, 3.05) is 72.5 Å². The lowest BCUT2D eigenvalue weighted by molar-refractivity contribution is -0.140. The summed E-state index contributed by atoms with van der Waals surface area (Å²) in [4.78, 5) is 42.9. The van der Waals surface area contributed by atoms with Crippen LogP contribution < -0.4 is 5.32 Å². The third-order valence-electron chi connectivity index (χ3n) is 4.36. The molecule has 2 aliphatic heterocycles. The Kier molecular flexibility index (Phi) is 8.44. The second-order valence-electron chi connectivity index (χ2n) is 6.19. The van der Waals surface area contributed by atoms with Crippen molar-refractivity contribution < 1.29 is 14.4 Å². The number of piperazine rings is 2. The van der Waals surface area contributed by atoms with Gasteiger partial charge in [-0.15, -0.1) is 12.4 Å². The molecule has 8 nitrogen and oxygen atoms in total. The smallest absolute Gasteiger partial charge is 0.236 e. The number of rotatable bonds is 4. The minimum atomic E-state index is 0. The maximum atomic E-state index is 12.3. The summed E-state index contributed by atoms with van der Waals surface area (Å²) in [6.45, 7) is 7.47. The zero-order valence-electron chi connectivity index (χ0n) is 14.5. The van der Waals surface area contributed by atoms with Crippen LogP contribution in [0.3, 0.4) is 0 Å². The van der Waals surface area contributed by atoms with Gasteiger partial charge < -0.3 is 20.0 Å². The quantitative estimate of drug-likeness (QED) is 0.657. The van der Waals surface area contributed by atoms with Gasteiger partial charge in [0.1, 0.15) is 0 Å². The molecule has 0 spiro atoms. The zero-order chi connectivity index (χ0) is 16.8. The molecule has 0 aromatic rings. The molecule has 0 radical (unpaired) electrons. The van der Waals surface area contributed by atoms with Gasteiger partial charge in [0.25, 0.3) is 0 Å². The zero-order valence-corrected chi connectivity index (χ0v) is 15.3. The Morgan fingerprint density at radius 2 is 1.25 bits per heavy atom. The minimum absolute atomic E-state index is 0. The molecule has 1 N–H and O–H groups in total. The summed E-state index contributed by atoms with van der Waals surface area (Å²) in [5.41, 5.74) is 0. The first-order valence-electron chi connectivity index (χ1n) is 8.17. The summed E-state index contributed by atoms with van der Waals surface area (Å²) in [6, 6.07) is 0. The van der Waals surface area contributed by atoms with E-state index in [-0.39, 0.29) is 43.2 Å². The molecule has 0 aromatic heterocycles. The number of halogens is 1. The maximum Gasteiger partial charge on any atom is 0.236 e. The van der Waals surface area contributed by atoms with Crippen LogP contribution in [-0.4, -0.2) is 110 Å². The molecule has 2 fully saturated rings. The number of nitrogens with one attached hydrogen (secondary N) is 1. The van der Waals surface area contributed by atoms with E-state index in [1.807, 2.05) is 4.90 Å². The first-order valence-corrected chi connectivity index (χ1v) is 8.17. The number of likely N-dealkylation sites (N-methyl/N-ethyl adjacent to an activating group) is 1. The van der Waals surface area contributed by atoms with Crippen LogP contribution >= 0.6 is 12.4 Å². The summed E-state index contributed by atoms with van der Waals surface area (Å²) in [5, 5.41) is 3.21. The molecule has 0 unspecified atom stereocenters. The van der Waals surface area contributed by atoms with Crippen molar-refractivity contribution in [2.45, 2.75) is 6.92 Å². The lowest BCUT2D eigenvalue weighted by atomic mass is 10.3. The molecular weight excluding hydrogens is 334 g/mol. The van der Waals surface area contributed by atoms with Crippen molar-refractivity contribution in [3.05, 3.63) is 0 Å². The minimum Gasteiger partial charge on any atom is -0.339 e. The van der Waals surface area contributed by atoms with Gasteiger partial charge in [-0.3, -0.25) is 19.3 Å². The van der Waals surface area contributed by atoms with Gasteiger partial charge in [-0.1, -0.05) is 0 Å². The third-order valence-corrected chi connectivity index (χ3v) is 4.36. The molecule has 0 saturated carbocycles. The molecule has 0 aromatic carbocycles. The fraction of sp³-hybridized carbons (Fsp3) is 0.800. The van der Waals surface area contributed by atoms with E-state index in [1.54, 1.807) is 28.7 Å². The van der Waals surface area contributed by atoms with Crippen molar-refractivity contribution >= 4 is 30.1 Å². The van der Waals surface area contributed by atoms with Crippen LogP contribution in [0.15, 0.2) is 0 Å². The number of hydrogen-bond donors (Lipinski definition) is 1. The summed E-state index contributed by atoms with van der Waals surface area (Å²) < 4.78 is 0. The molecule has 0 aliphatic carbocycles. The Labute approximate surface area is 149 Å². The highest BCUT2D eigenvalue weighted by Gasteiger charge is 2.24. The summed E-state index contributed by atoms with van der Waals surface area (Å²) >= 11 is 0. The first-order chi connectivity index (χ1) is 11.0. The Morgan fingerprint density at radius 3 is 1.71 bits per heavy atom. The molecule has 9 heteroatoms. The largest absolute Gasteiger partial charge is 0.339 e. The van der Waals surface area contributed by atoms with Crippen LogP contribution in [-0.2, 0) is 14.4 Å². The topological polar surface area (TPSA) is 76.2 Å². The summed E-state index contributed by atoms with van der Waals surface area (Å²) in [7, 11) is 1.80. The van der Waals surface area contributed by atoms with Gasteiger partial charge in [0.05, 0.1) is 13.1 Å². The Morgan fingerprint density at radius 1 is 0.833 bits per heavy atom. The molecule has 138 valence electrons. The monoisotopic (exact) mass is 361 g/mol. The van der Waals surface area contributed by atoms with Crippen LogP contribution in [0.5, 0.6) is 0 Å². The Bertz CT molecular complexity index is 448. The van der Waals surface area contributed by atoms with E-state index < -0.39 is 0 Å². The van der Waals surface area contributed by atoms with E-state index in [2.05, 4.69) is 5.32 Å². The molecule has 2 saturated heterocycles. The molecule has 2 aliphatic rings. The maximum absolute atomic E-state index is 12.3. The highest BCUT2D eigenvalue weighted by atomic mass is 35.5. The van der Waals surface area contributed by atoms with Gasteiger partial charge in [-0.25, -0.2) is 0 Å². The Balaban J connectivity index is 0.00000288. The van der Waals surface area contributed by atoms with Gasteiger partial charge >= 0.3 is 0 Å². The standard InChI is InChI=1S/C15H27N5O3.ClH/c1-13(21)18-7-9-20(10-8-18)15(23)12-17(2)11-14(22)19-5-3-16-4-6-19;/h16H,3-12H2,1-2H3;1H. The number of carbonyl (C=O) groups excluding carboxylic acids is 3. The van der Waals surface area contributed by atoms with E-state index in [0.29, 0.717) is 26.2 Å². The van der Waals surface area contributed by atoms with Gasteiger partial charge in [0.15, 0.2) is 0 Å². The van der Waals surface area contributed by atoms with Crippen molar-refractivity contribution in [3.8, 4) is 0 Å². The van der Waals surface area contributed by atoms with Gasteiger partial charge in [0.2, 0.25) is 17.7 Å². The Hall–Kier alpha value is -1.38. The van der Waals surface area contributed by atoms with Crippen molar-refractivity contribution in [1.82, 2.24) is 24.9 Å². The molecule has 24 heavy (non-hydrogen) atoms. The van der Waals surface area contributed by atoms with E-state index in [4.69, 9.17) is 0 Å². The average Bonchev–Trinajstić information content (AvgIpc) is 2.55. The van der Waals surface area contributed by atoms with Crippen LogP contribution in [0, 0.1) is 0 Å². The molecule has 0 bridgehead atoms. The van der Waals surface area contributed by atoms with E-state index in [9.17, 15) is 14.4 Å². The molecule has 3 amide bonds. The lowest BCUT2D eigenvalue weighted by Gasteiger charge is -2.35. The second-order valence-corrected chi connectivity index (χ2v) is 6.19. The number of amides is 3. The highest BCUT2D eigenvalue weighted by molar-refractivity contribution is 5.85. The number of nitrogens with zero attached hydrogens (tertiary/aromatic N) is 4. The summed E-state index contributed by atoms with van der Waals surface area (Å²) in [6.07, 6.45) is 0. The van der Waals surface area contributed by atoms with Crippen molar-refractivity contribution in [1.29, 1.82) is 0 Å². The van der Waals surface area contributed by atoms with E-state index >= 15 is 0 Å². The van der Waals surface area contributed by atoms with Crippen molar-refractivity contribution in [2.24, 2.45) is 0 Å². The van der Waals surface area contributed by atoms with Gasteiger partial charge in [0, 0.05) is 59.3 Å². The fourth-order valence-electron chi connectivity index (χ4n) is 2.90. The predicted octanol–water partition coefficient (Wildman–Crippen LogP) is -1.54. The van der Waals surface area contributed by atoms with E-state index in [1.165, 1.54) is 0 Å². The second kappa shape index (κ2) is 9.80. The average molecular weight is 362 g/mol. The van der Waals surface area contributed by atoms with Crippen LogP contribution in [0.1, 0.15) is 6.92 Å². The van der Waals surface area contributed by atoms with Gasteiger partial charge in [-0.2, -0.15) is 0 Å². The third kappa shape index (κ3) is 5.92. The molecule has 0 atom stereocenters. The van der Waals surface area contributed by atoms with Gasteiger partial charge in [-0.05, 0) is 7.05 Å². The normalized spacial score (nSPS) is 18.4. The SMILES string of the molecule is CC(=O)N1CCN(C(=O)CN(C)CC(=O)N2CCNCC2)CC1.Cl.